The van der Waals surface area contributed by atoms with Crippen LogP contribution in [0.4, 0.5) is 23.2 Å². The average molecular weight is 538 g/mol. The minimum absolute atomic E-state index is 0.0519. The summed E-state index contributed by atoms with van der Waals surface area (Å²) >= 11 is 2.16. The average Bonchev–Trinajstić information content (AvgIpc) is 3.24. The zero-order valence-corrected chi connectivity index (χ0v) is 20.4. The third-order valence-electron chi connectivity index (χ3n) is 5.74. The molecule has 36 heavy (non-hydrogen) atoms. The highest BCUT2D eigenvalue weighted by Gasteiger charge is 2.31. The van der Waals surface area contributed by atoms with E-state index in [1.807, 2.05) is 13.0 Å². The molecule has 4 aromatic rings. The molecule has 0 atom stereocenters. The maximum atomic E-state index is 13.6. The van der Waals surface area contributed by atoms with Gasteiger partial charge in [0.25, 0.3) is 18.8 Å². The molecule has 0 unspecified atom stereocenters. The lowest BCUT2D eigenvalue weighted by Crippen LogP contribution is -2.22. The van der Waals surface area contributed by atoms with Gasteiger partial charge in [0.05, 0.1) is 5.69 Å². The summed E-state index contributed by atoms with van der Waals surface area (Å²) in [6, 6.07) is 6.12. The molecule has 0 saturated heterocycles. The molecule has 4 aromatic heterocycles. The highest BCUT2D eigenvalue weighted by Crippen LogP contribution is 2.44. The molecule has 0 aliphatic heterocycles. The number of fused-ring (bicyclic) bond motifs is 1. The van der Waals surface area contributed by atoms with Crippen molar-refractivity contribution in [1.82, 2.24) is 14.8 Å². The molecule has 2 amide bonds. The number of rotatable bonds is 8. The van der Waals surface area contributed by atoms with Gasteiger partial charge in [0.1, 0.15) is 27.6 Å². The first-order valence-corrected chi connectivity index (χ1v) is 12.5. The number of nitrogens with zero attached hydrogens (tertiary/aromatic N) is 3. The molecule has 188 valence electrons. The number of carbonyl (C=O) groups is 2. The molecule has 1 fully saturated rings. The molecule has 1 aliphatic carbocycles. The molecular weight excluding hydrogens is 518 g/mol. The fraction of sp³-hybridized carbons (Fsp3) is 0.304. The van der Waals surface area contributed by atoms with Crippen molar-refractivity contribution in [2.75, 3.05) is 5.32 Å². The maximum absolute atomic E-state index is 13.6. The molecule has 1 aliphatic rings. The number of primary amides is 1. The SMILES string of the molecule is Cc1ccc(-c2cc(C(F)F)nc3sc(C(N)=O)c(NC(=O)Cn4nc(C(F)F)cc4C4CC4)c23)s1. The first-order chi connectivity index (χ1) is 17.1. The number of hydrogen-bond acceptors (Lipinski definition) is 6. The summed E-state index contributed by atoms with van der Waals surface area (Å²) in [5, 5.41) is 6.85. The summed E-state index contributed by atoms with van der Waals surface area (Å²) < 4.78 is 54.9. The topological polar surface area (TPSA) is 103 Å². The van der Waals surface area contributed by atoms with Gasteiger partial charge < -0.3 is 11.1 Å². The van der Waals surface area contributed by atoms with Crippen LogP contribution in [0.3, 0.4) is 0 Å². The van der Waals surface area contributed by atoms with E-state index < -0.39 is 36.1 Å². The minimum Gasteiger partial charge on any atom is -0.365 e. The van der Waals surface area contributed by atoms with Crippen LogP contribution in [0, 0.1) is 6.92 Å². The number of amides is 2. The van der Waals surface area contributed by atoms with E-state index in [9.17, 15) is 27.2 Å². The smallest absolute Gasteiger partial charge is 0.282 e. The Bertz CT molecular complexity index is 1490. The Morgan fingerprint density at radius 1 is 1.14 bits per heavy atom. The number of halogens is 4. The molecule has 7 nitrogen and oxygen atoms in total. The number of nitrogens with two attached hydrogens (primary N) is 1. The Balaban J connectivity index is 1.58. The van der Waals surface area contributed by atoms with E-state index in [4.69, 9.17) is 5.73 Å². The Hall–Kier alpha value is -3.32. The number of aryl methyl sites for hydroxylation is 1. The van der Waals surface area contributed by atoms with Crippen LogP contribution >= 0.6 is 22.7 Å². The zero-order chi connectivity index (χ0) is 25.7. The molecule has 0 bridgehead atoms. The number of nitrogens with one attached hydrogen (secondary N) is 1. The third kappa shape index (κ3) is 4.60. The van der Waals surface area contributed by atoms with Gasteiger partial charge in [0, 0.05) is 32.3 Å². The van der Waals surface area contributed by atoms with Gasteiger partial charge in [-0.2, -0.15) is 5.10 Å². The molecule has 13 heteroatoms. The lowest BCUT2D eigenvalue weighted by atomic mass is 10.1. The van der Waals surface area contributed by atoms with E-state index in [0.29, 0.717) is 21.5 Å². The molecular formula is C23H19F4N5O2S2. The Kier molecular flexibility index (Phi) is 6.29. The van der Waals surface area contributed by atoms with Crippen molar-refractivity contribution in [1.29, 1.82) is 0 Å². The molecule has 0 spiro atoms. The number of aromatic nitrogens is 3. The first-order valence-electron chi connectivity index (χ1n) is 10.9. The maximum Gasteiger partial charge on any atom is 0.282 e. The van der Waals surface area contributed by atoms with E-state index in [0.717, 1.165) is 29.1 Å². The van der Waals surface area contributed by atoms with Crippen LogP contribution in [0.2, 0.25) is 0 Å². The Morgan fingerprint density at radius 3 is 2.44 bits per heavy atom. The van der Waals surface area contributed by atoms with Crippen molar-refractivity contribution < 1.29 is 27.2 Å². The van der Waals surface area contributed by atoms with E-state index in [2.05, 4.69) is 15.4 Å². The molecule has 1 saturated carbocycles. The fourth-order valence-corrected chi connectivity index (χ4v) is 5.91. The standard InChI is InChI=1S/C23H19F4N5O2S2/c1-9-2-5-15(35-9)11-6-12(20(24)25)29-23-17(11)18(19(36-23)22(28)34)30-16(33)8-32-14(10-3-4-10)7-13(31-32)21(26)27/h2,5-7,10,20-21H,3-4,8H2,1H3,(H2,28,34)(H,30,33). The van der Waals surface area contributed by atoms with E-state index in [1.165, 1.54) is 28.2 Å². The normalized spacial score (nSPS) is 13.8. The van der Waals surface area contributed by atoms with Crippen molar-refractivity contribution in [3.8, 4) is 10.4 Å². The second kappa shape index (κ2) is 9.28. The van der Waals surface area contributed by atoms with E-state index in [1.54, 1.807) is 6.07 Å². The largest absolute Gasteiger partial charge is 0.365 e. The lowest BCUT2D eigenvalue weighted by Gasteiger charge is -2.11. The van der Waals surface area contributed by atoms with Gasteiger partial charge in [-0.05, 0) is 44.0 Å². The second-order valence-corrected chi connectivity index (χ2v) is 10.7. The van der Waals surface area contributed by atoms with Crippen LogP contribution in [-0.2, 0) is 11.3 Å². The third-order valence-corrected chi connectivity index (χ3v) is 7.87. The van der Waals surface area contributed by atoms with Crippen molar-refractivity contribution >= 4 is 50.4 Å². The zero-order valence-electron chi connectivity index (χ0n) is 18.7. The van der Waals surface area contributed by atoms with E-state index >= 15 is 0 Å². The predicted octanol–water partition coefficient (Wildman–Crippen LogP) is 6.02. The van der Waals surface area contributed by atoms with Gasteiger partial charge in [0.2, 0.25) is 5.91 Å². The number of alkyl halides is 4. The second-order valence-electron chi connectivity index (χ2n) is 8.43. The monoisotopic (exact) mass is 537 g/mol. The van der Waals surface area contributed by atoms with Crippen molar-refractivity contribution in [3.63, 3.8) is 0 Å². The molecule has 5 rings (SSSR count). The van der Waals surface area contributed by atoms with Gasteiger partial charge in [-0.25, -0.2) is 22.5 Å². The van der Waals surface area contributed by atoms with Crippen LogP contribution < -0.4 is 11.1 Å². The van der Waals surface area contributed by atoms with Gasteiger partial charge in [0.15, 0.2) is 0 Å². The molecule has 0 aromatic carbocycles. The summed E-state index contributed by atoms with van der Waals surface area (Å²) in [4.78, 5) is 31.0. The van der Waals surface area contributed by atoms with Crippen LogP contribution in [0.25, 0.3) is 20.7 Å². The highest BCUT2D eigenvalue weighted by molar-refractivity contribution is 7.21. The van der Waals surface area contributed by atoms with Gasteiger partial charge in [-0.3, -0.25) is 14.3 Å². The predicted molar refractivity (Wildman–Crippen MR) is 129 cm³/mol. The minimum atomic E-state index is -2.85. The summed E-state index contributed by atoms with van der Waals surface area (Å²) in [5.41, 5.74) is 5.65. The summed E-state index contributed by atoms with van der Waals surface area (Å²) in [5.74, 6) is -1.43. The van der Waals surface area contributed by atoms with Crippen molar-refractivity contribution in [3.05, 3.63) is 51.1 Å². The van der Waals surface area contributed by atoms with Gasteiger partial charge in [-0.15, -0.1) is 22.7 Å². The number of thiophene rings is 2. The molecule has 4 heterocycles. The van der Waals surface area contributed by atoms with Crippen LogP contribution in [0.15, 0.2) is 24.3 Å². The first kappa shape index (κ1) is 24.4. The number of hydrogen-bond donors (Lipinski definition) is 2. The summed E-state index contributed by atoms with van der Waals surface area (Å²) in [6.07, 6.45) is -3.99. The van der Waals surface area contributed by atoms with E-state index in [-0.39, 0.29) is 27.9 Å². The summed E-state index contributed by atoms with van der Waals surface area (Å²) in [7, 11) is 0. The van der Waals surface area contributed by atoms with Crippen molar-refractivity contribution in [2.45, 2.75) is 45.1 Å². The molecule has 3 N–H and O–H groups in total. The van der Waals surface area contributed by atoms with Crippen LogP contribution in [0.1, 0.15) is 63.2 Å². The number of anilines is 1. The van der Waals surface area contributed by atoms with Gasteiger partial charge >= 0.3 is 0 Å². The quantitative estimate of drug-likeness (QED) is 0.268. The molecule has 0 radical (unpaired) electrons. The number of carbonyl (C=O) groups excluding carboxylic acids is 2. The highest BCUT2D eigenvalue weighted by atomic mass is 32.1. The number of pyridine rings is 1. The van der Waals surface area contributed by atoms with Crippen LogP contribution in [-0.4, -0.2) is 26.6 Å². The van der Waals surface area contributed by atoms with Crippen molar-refractivity contribution in [2.24, 2.45) is 5.73 Å². The fourth-order valence-electron chi connectivity index (χ4n) is 4.00. The van der Waals surface area contributed by atoms with Gasteiger partial charge in [-0.1, -0.05) is 0 Å². The Labute approximate surface area is 209 Å². The summed E-state index contributed by atoms with van der Waals surface area (Å²) in [6.45, 7) is 1.49. The lowest BCUT2D eigenvalue weighted by molar-refractivity contribution is -0.117. The Morgan fingerprint density at radius 2 is 1.86 bits per heavy atom. The van der Waals surface area contributed by atoms with Crippen LogP contribution in [0.5, 0.6) is 0 Å².